The third kappa shape index (κ3) is 2.70. The van der Waals surface area contributed by atoms with Crippen molar-refractivity contribution in [1.29, 1.82) is 0 Å². The molecule has 100 valence electrons. The van der Waals surface area contributed by atoms with E-state index in [4.69, 9.17) is 5.73 Å². The van der Waals surface area contributed by atoms with Gasteiger partial charge in [0.1, 0.15) is 0 Å². The molecule has 4 heteroatoms. The molecule has 1 aliphatic carbocycles. The SMILES string of the molecule is CC(c1ccc(F)c(F)c1)N(C)C(CN)C1CC1. The molecule has 2 N–H and O–H groups in total. The lowest BCUT2D eigenvalue weighted by Crippen LogP contribution is -2.41. The van der Waals surface area contributed by atoms with Gasteiger partial charge in [-0.15, -0.1) is 0 Å². The summed E-state index contributed by atoms with van der Waals surface area (Å²) in [5.74, 6) is -0.928. The maximum atomic E-state index is 13.2. The van der Waals surface area contributed by atoms with Crippen LogP contribution < -0.4 is 5.73 Å². The van der Waals surface area contributed by atoms with Crippen LogP contribution in [0.5, 0.6) is 0 Å². The van der Waals surface area contributed by atoms with Gasteiger partial charge in [-0.05, 0) is 50.4 Å². The minimum absolute atomic E-state index is 0.0363. The van der Waals surface area contributed by atoms with Crippen molar-refractivity contribution in [3.8, 4) is 0 Å². The van der Waals surface area contributed by atoms with Crippen molar-refractivity contribution in [1.82, 2.24) is 4.90 Å². The molecule has 0 heterocycles. The Morgan fingerprint density at radius 1 is 1.33 bits per heavy atom. The van der Waals surface area contributed by atoms with E-state index in [1.54, 1.807) is 6.07 Å². The van der Waals surface area contributed by atoms with E-state index < -0.39 is 11.6 Å². The van der Waals surface area contributed by atoms with Gasteiger partial charge in [0, 0.05) is 18.6 Å². The van der Waals surface area contributed by atoms with Crippen LogP contribution in [0, 0.1) is 17.6 Å². The van der Waals surface area contributed by atoms with Gasteiger partial charge in [-0.2, -0.15) is 0 Å². The highest BCUT2D eigenvalue weighted by atomic mass is 19.2. The molecule has 1 saturated carbocycles. The molecule has 0 spiro atoms. The Hall–Kier alpha value is -1.00. The molecule has 1 aromatic carbocycles. The van der Waals surface area contributed by atoms with Gasteiger partial charge < -0.3 is 5.73 Å². The minimum atomic E-state index is -0.800. The predicted octanol–water partition coefficient (Wildman–Crippen LogP) is 2.69. The number of hydrogen-bond acceptors (Lipinski definition) is 2. The molecule has 0 radical (unpaired) electrons. The van der Waals surface area contributed by atoms with Crippen LogP contribution in [-0.4, -0.2) is 24.5 Å². The van der Waals surface area contributed by atoms with Crippen LogP contribution in [0.3, 0.4) is 0 Å². The highest BCUT2D eigenvalue weighted by Crippen LogP contribution is 2.37. The summed E-state index contributed by atoms with van der Waals surface area (Å²) in [6, 6.07) is 4.46. The van der Waals surface area contributed by atoms with Gasteiger partial charge in [-0.1, -0.05) is 6.07 Å². The largest absolute Gasteiger partial charge is 0.329 e. The van der Waals surface area contributed by atoms with Gasteiger partial charge in [0.25, 0.3) is 0 Å². The Morgan fingerprint density at radius 3 is 2.50 bits per heavy atom. The first-order valence-corrected chi connectivity index (χ1v) is 6.41. The van der Waals surface area contributed by atoms with Gasteiger partial charge in [0.05, 0.1) is 0 Å². The van der Waals surface area contributed by atoms with Crippen molar-refractivity contribution in [2.24, 2.45) is 11.7 Å². The van der Waals surface area contributed by atoms with E-state index in [1.807, 2.05) is 14.0 Å². The molecule has 1 aromatic rings. The summed E-state index contributed by atoms with van der Waals surface area (Å²) >= 11 is 0. The molecule has 18 heavy (non-hydrogen) atoms. The number of halogens is 2. The maximum Gasteiger partial charge on any atom is 0.159 e. The fraction of sp³-hybridized carbons (Fsp3) is 0.571. The zero-order valence-electron chi connectivity index (χ0n) is 10.9. The Morgan fingerprint density at radius 2 is 2.00 bits per heavy atom. The van der Waals surface area contributed by atoms with Crippen molar-refractivity contribution in [3.63, 3.8) is 0 Å². The van der Waals surface area contributed by atoms with Crippen LogP contribution in [0.1, 0.15) is 31.4 Å². The average Bonchev–Trinajstić information content (AvgIpc) is 3.17. The minimum Gasteiger partial charge on any atom is -0.329 e. The molecule has 0 aromatic heterocycles. The molecule has 0 bridgehead atoms. The van der Waals surface area contributed by atoms with E-state index in [0.717, 1.165) is 5.56 Å². The average molecular weight is 254 g/mol. The molecule has 2 rings (SSSR count). The summed E-state index contributed by atoms with van der Waals surface area (Å²) in [5.41, 5.74) is 6.60. The van der Waals surface area contributed by atoms with Gasteiger partial charge in [-0.25, -0.2) is 8.78 Å². The Labute approximate surface area is 107 Å². The van der Waals surface area contributed by atoms with Crippen LogP contribution in [0.2, 0.25) is 0 Å². The summed E-state index contributed by atoms with van der Waals surface area (Å²) in [5, 5.41) is 0. The number of nitrogens with zero attached hydrogens (tertiary/aromatic N) is 1. The first-order chi connectivity index (χ1) is 8.54. The molecule has 0 saturated heterocycles. The summed E-state index contributed by atoms with van der Waals surface area (Å²) in [6.45, 7) is 2.60. The molecular weight excluding hydrogens is 234 g/mol. The lowest BCUT2D eigenvalue weighted by Gasteiger charge is -2.33. The van der Waals surface area contributed by atoms with Gasteiger partial charge in [0.15, 0.2) is 11.6 Å². The second-order valence-electron chi connectivity index (χ2n) is 5.16. The van der Waals surface area contributed by atoms with Gasteiger partial charge in [-0.3, -0.25) is 4.90 Å². The fourth-order valence-corrected chi connectivity index (χ4v) is 2.47. The summed E-state index contributed by atoms with van der Waals surface area (Å²) < 4.78 is 26.2. The fourth-order valence-electron chi connectivity index (χ4n) is 2.47. The third-order valence-electron chi connectivity index (χ3n) is 3.97. The van der Waals surface area contributed by atoms with Crippen molar-refractivity contribution < 1.29 is 8.78 Å². The van der Waals surface area contributed by atoms with Crippen LogP contribution in [-0.2, 0) is 0 Å². The highest BCUT2D eigenvalue weighted by molar-refractivity contribution is 5.21. The molecule has 2 atom stereocenters. The Bertz CT molecular complexity index is 418. The molecule has 2 unspecified atom stereocenters. The second-order valence-corrected chi connectivity index (χ2v) is 5.16. The van der Waals surface area contributed by atoms with Crippen molar-refractivity contribution in [2.75, 3.05) is 13.6 Å². The van der Waals surface area contributed by atoms with Crippen molar-refractivity contribution in [2.45, 2.75) is 31.8 Å². The molecular formula is C14H20F2N2. The first-order valence-electron chi connectivity index (χ1n) is 6.41. The quantitative estimate of drug-likeness (QED) is 0.875. The number of rotatable bonds is 5. The number of likely N-dealkylation sites (N-methyl/N-ethyl adjacent to an activating group) is 1. The van der Waals surface area contributed by atoms with Crippen molar-refractivity contribution in [3.05, 3.63) is 35.4 Å². The lowest BCUT2D eigenvalue weighted by molar-refractivity contribution is 0.170. The van der Waals surface area contributed by atoms with Crippen molar-refractivity contribution >= 4 is 0 Å². The normalized spacial score (nSPS) is 19.0. The van der Waals surface area contributed by atoms with Gasteiger partial charge >= 0.3 is 0 Å². The predicted molar refractivity (Wildman–Crippen MR) is 68.1 cm³/mol. The summed E-state index contributed by atoms with van der Waals surface area (Å²) in [7, 11) is 2.00. The molecule has 2 nitrogen and oxygen atoms in total. The first kappa shape index (κ1) is 13.4. The highest BCUT2D eigenvalue weighted by Gasteiger charge is 2.34. The topological polar surface area (TPSA) is 29.3 Å². The van der Waals surface area contributed by atoms with E-state index in [1.165, 1.54) is 25.0 Å². The van der Waals surface area contributed by atoms with E-state index in [0.29, 0.717) is 18.5 Å². The zero-order chi connectivity index (χ0) is 13.3. The molecule has 1 aliphatic rings. The number of nitrogens with two attached hydrogens (primary N) is 1. The number of benzene rings is 1. The van der Waals surface area contributed by atoms with E-state index >= 15 is 0 Å². The van der Waals surface area contributed by atoms with Crippen LogP contribution in [0.15, 0.2) is 18.2 Å². The standard InChI is InChI=1S/C14H20F2N2/c1-9(11-5-6-12(15)13(16)7-11)18(2)14(8-17)10-3-4-10/h5-7,9-10,14H,3-4,8,17H2,1-2H3. The van der Waals surface area contributed by atoms with Crippen LogP contribution in [0.4, 0.5) is 8.78 Å². The summed E-state index contributed by atoms with van der Waals surface area (Å²) in [4.78, 5) is 2.17. The second kappa shape index (κ2) is 5.33. The molecule has 0 amide bonds. The zero-order valence-corrected chi connectivity index (χ0v) is 10.9. The Balaban J connectivity index is 2.13. The third-order valence-corrected chi connectivity index (χ3v) is 3.97. The molecule has 0 aliphatic heterocycles. The van der Waals surface area contributed by atoms with Crippen LogP contribution >= 0.6 is 0 Å². The number of hydrogen-bond donors (Lipinski definition) is 1. The Kier molecular flexibility index (Phi) is 3.97. The van der Waals surface area contributed by atoms with E-state index in [9.17, 15) is 8.78 Å². The molecule has 1 fully saturated rings. The maximum absolute atomic E-state index is 13.2. The smallest absolute Gasteiger partial charge is 0.159 e. The van der Waals surface area contributed by atoms with E-state index in [2.05, 4.69) is 4.90 Å². The van der Waals surface area contributed by atoms with Crippen LogP contribution in [0.25, 0.3) is 0 Å². The summed E-state index contributed by atoms with van der Waals surface area (Å²) in [6.07, 6.45) is 2.44. The van der Waals surface area contributed by atoms with Gasteiger partial charge in [0.2, 0.25) is 0 Å². The van der Waals surface area contributed by atoms with E-state index in [-0.39, 0.29) is 6.04 Å². The lowest BCUT2D eigenvalue weighted by atomic mass is 10.0. The monoisotopic (exact) mass is 254 g/mol.